The first-order valence-electron chi connectivity index (χ1n) is 32.2. The van der Waals surface area contributed by atoms with Gasteiger partial charge in [0.1, 0.15) is 0 Å². The van der Waals surface area contributed by atoms with Gasteiger partial charge in [-0.1, -0.05) is 256 Å². The van der Waals surface area contributed by atoms with Gasteiger partial charge in [-0.25, -0.2) is 0 Å². The summed E-state index contributed by atoms with van der Waals surface area (Å²) in [6.07, 6.45) is 18.7. The van der Waals surface area contributed by atoms with Crippen molar-refractivity contribution in [2.45, 2.75) is 126 Å². The van der Waals surface area contributed by atoms with Crippen LogP contribution in [0.25, 0.3) is 76.8 Å². The lowest BCUT2D eigenvalue weighted by Crippen LogP contribution is -2.02. The zero-order valence-corrected chi connectivity index (χ0v) is 48.6. The van der Waals surface area contributed by atoms with E-state index in [4.69, 9.17) is 0 Å². The number of benzene rings is 12. The fourth-order valence-corrected chi connectivity index (χ4v) is 17.1. The molecule has 4 aliphatic rings. The van der Waals surface area contributed by atoms with Crippen molar-refractivity contribution >= 4 is 32.3 Å². The summed E-state index contributed by atoms with van der Waals surface area (Å²) < 4.78 is 0. The standard InChI is InChI=1S/C84H74/c1(5-29-63-67-33-9-17-41-75(67)76-42-18-10-34-68(63)76)25-55-53-56(26-2-6-30-64-69-35-11-19-43-77(69)78-44-20-12-36-70(64)78)60-51-52-62-58(28-4-8-32-66-73-39-15-23-47-81(73)82-48-24-16-40-74(66)82)54-57(61-50-49-59(55)83(60)84(61)62)27-3-7-31-65-71-37-13-21-45-79(71)80-46-22-14-38-72(65)80/h9-24,33-54,63-66H,1-8,25-32H2. The fraction of sp³-hybridized carbons (Fsp3) is 0.238. The normalized spacial score (nSPS) is 14.0. The molecule has 0 heteroatoms. The minimum Gasteiger partial charge on any atom is -0.0619 e. The van der Waals surface area contributed by atoms with Crippen LogP contribution in [-0.4, -0.2) is 0 Å². The van der Waals surface area contributed by atoms with E-state index in [0.717, 1.165) is 25.7 Å². The maximum atomic E-state index is 2.68. The summed E-state index contributed by atoms with van der Waals surface area (Å²) in [7, 11) is 0. The Bertz CT molecular complexity index is 3690. The molecule has 12 aromatic rings. The lowest BCUT2D eigenvalue weighted by molar-refractivity contribution is 0.630. The van der Waals surface area contributed by atoms with E-state index >= 15 is 0 Å². The van der Waals surface area contributed by atoms with E-state index in [1.807, 2.05) is 0 Å². The zero-order chi connectivity index (χ0) is 55.5. The molecule has 0 atom stereocenters. The summed E-state index contributed by atoms with van der Waals surface area (Å²) in [5.74, 6) is 1.89. The van der Waals surface area contributed by atoms with Gasteiger partial charge in [0.05, 0.1) is 0 Å². The molecular formula is C84H74. The average Bonchev–Trinajstić information content (AvgIpc) is 2.67. The van der Waals surface area contributed by atoms with Crippen LogP contribution < -0.4 is 0 Å². The van der Waals surface area contributed by atoms with E-state index in [2.05, 4.69) is 231 Å². The number of hydrogen-bond donors (Lipinski definition) is 0. The third-order valence-electron chi connectivity index (χ3n) is 20.8. The smallest absolute Gasteiger partial charge is 0.0102 e. The summed E-state index contributed by atoms with van der Waals surface area (Å²) in [6, 6.07) is 89.2. The zero-order valence-electron chi connectivity index (χ0n) is 48.6. The van der Waals surface area contributed by atoms with Crippen LogP contribution in [-0.2, 0) is 25.7 Å². The van der Waals surface area contributed by atoms with Crippen LogP contribution in [0.1, 0.15) is 167 Å². The van der Waals surface area contributed by atoms with E-state index in [1.54, 1.807) is 22.3 Å². The highest BCUT2D eigenvalue weighted by atomic mass is 14.4. The van der Waals surface area contributed by atoms with Gasteiger partial charge in [0.2, 0.25) is 0 Å². The van der Waals surface area contributed by atoms with Gasteiger partial charge in [0.15, 0.2) is 0 Å². The molecule has 0 saturated carbocycles. The molecule has 0 N–H and O–H groups in total. The maximum absolute atomic E-state index is 2.68. The van der Waals surface area contributed by atoms with Crippen LogP contribution in [0.4, 0.5) is 0 Å². The molecule has 410 valence electrons. The Labute approximate surface area is 497 Å². The number of aryl methyl sites for hydroxylation is 4. The Balaban J connectivity index is 0.730. The first kappa shape index (κ1) is 51.3. The van der Waals surface area contributed by atoms with Crippen molar-refractivity contribution in [1.82, 2.24) is 0 Å². The van der Waals surface area contributed by atoms with Gasteiger partial charge in [-0.05, 0) is 221 Å². The number of rotatable bonds is 20. The van der Waals surface area contributed by atoms with Gasteiger partial charge < -0.3 is 0 Å². The molecule has 0 bridgehead atoms. The molecule has 0 unspecified atom stereocenters. The van der Waals surface area contributed by atoms with Crippen molar-refractivity contribution in [3.8, 4) is 44.5 Å². The Kier molecular flexibility index (Phi) is 13.5. The lowest BCUT2D eigenvalue weighted by atomic mass is 9.82. The van der Waals surface area contributed by atoms with Crippen molar-refractivity contribution < 1.29 is 0 Å². The van der Waals surface area contributed by atoms with Gasteiger partial charge >= 0.3 is 0 Å². The van der Waals surface area contributed by atoms with E-state index in [9.17, 15) is 0 Å². The summed E-state index contributed by atoms with van der Waals surface area (Å²) in [4.78, 5) is 0. The summed E-state index contributed by atoms with van der Waals surface area (Å²) in [5, 5.41) is 9.03. The first-order valence-corrected chi connectivity index (χ1v) is 32.2. The first-order chi connectivity index (χ1) is 41.7. The Hall–Kier alpha value is -8.32. The molecule has 16 rings (SSSR count). The van der Waals surface area contributed by atoms with Crippen LogP contribution in [0.15, 0.2) is 231 Å². The molecule has 84 heavy (non-hydrogen) atoms. The summed E-state index contributed by atoms with van der Waals surface area (Å²) >= 11 is 0. The highest BCUT2D eigenvalue weighted by Gasteiger charge is 2.32. The number of unbranched alkanes of at least 4 members (excludes halogenated alkanes) is 4. The second kappa shape index (κ2) is 22.0. The SMILES string of the molecule is c1ccc2c(c1)-c1ccccc1C2CCCCc1cc(CCCCC2c3ccccc3-c3ccccc32)c2ccc3c(CCCCC4c5ccccc5-c5ccccc54)cc(CCCCC4c5ccccc5-c5ccccc54)c4ccc1c2c43. The third kappa shape index (κ3) is 8.85. The minimum absolute atomic E-state index is 0.472. The van der Waals surface area contributed by atoms with E-state index in [0.29, 0.717) is 23.7 Å². The summed E-state index contributed by atoms with van der Waals surface area (Å²) in [6.45, 7) is 0. The lowest BCUT2D eigenvalue weighted by Gasteiger charge is -2.22. The van der Waals surface area contributed by atoms with Crippen molar-refractivity contribution in [3.63, 3.8) is 0 Å². The van der Waals surface area contributed by atoms with E-state index in [-0.39, 0.29) is 0 Å². The Morgan fingerprint density at radius 3 is 0.560 bits per heavy atom. The van der Waals surface area contributed by atoms with Crippen LogP contribution in [0.5, 0.6) is 0 Å². The van der Waals surface area contributed by atoms with Crippen molar-refractivity contribution in [3.05, 3.63) is 297 Å². The maximum Gasteiger partial charge on any atom is 0.0102 e. The molecule has 0 saturated heterocycles. The third-order valence-corrected chi connectivity index (χ3v) is 20.8. The number of hydrogen-bond acceptors (Lipinski definition) is 0. The van der Waals surface area contributed by atoms with Crippen LogP contribution >= 0.6 is 0 Å². The molecule has 0 fully saturated rings. The van der Waals surface area contributed by atoms with Gasteiger partial charge in [-0.3, -0.25) is 0 Å². The second-order valence-corrected chi connectivity index (χ2v) is 25.4. The monoisotopic (exact) mass is 1080 g/mol. The molecule has 0 radical (unpaired) electrons. The predicted octanol–water partition coefficient (Wildman–Crippen LogP) is 22.7. The largest absolute Gasteiger partial charge is 0.0619 e. The second-order valence-electron chi connectivity index (χ2n) is 25.4. The van der Waals surface area contributed by atoms with Gasteiger partial charge in [0, 0.05) is 23.7 Å². The van der Waals surface area contributed by atoms with Gasteiger partial charge in [-0.15, -0.1) is 0 Å². The quantitative estimate of drug-likeness (QED) is 0.0527. The Morgan fingerprint density at radius 2 is 0.369 bits per heavy atom. The highest BCUT2D eigenvalue weighted by Crippen LogP contribution is 2.51. The topological polar surface area (TPSA) is 0 Å². The van der Waals surface area contributed by atoms with Crippen molar-refractivity contribution in [2.75, 3.05) is 0 Å². The molecule has 0 heterocycles. The van der Waals surface area contributed by atoms with E-state index < -0.39 is 0 Å². The predicted molar refractivity (Wildman–Crippen MR) is 355 cm³/mol. The molecule has 0 aromatic heterocycles. The molecular weight excluding hydrogens is 1010 g/mol. The van der Waals surface area contributed by atoms with Crippen LogP contribution in [0.2, 0.25) is 0 Å². The molecule has 4 aliphatic carbocycles. The van der Waals surface area contributed by atoms with Crippen LogP contribution in [0, 0.1) is 0 Å². The summed E-state index contributed by atoms with van der Waals surface area (Å²) in [5.41, 5.74) is 29.8. The number of fused-ring (bicyclic) bond motifs is 12. The highest BCUT2D eigenvalue weighted by molar-refractivity contribution is 6.25. The fourth-order valence-electron chi connectivity index (χ4n) is 17.1. The molecule has 0 aliphatic heterocycles. The minimum atomic E-state index is 0.472. The Morgan fingerprint density at radius 1 is 0.190 bits per heavy atom. The van der Waals surface area contributed by atoms with Crippen LogP contribution in [0.3, 0.4) is 0 Å². The molecule has 0 nitrogen and oxygen atoms in total. The molecule has 12 aromatic carbocycles. The molecule has 0 amide bonds. The van der Waals surface area contributed by atoms with Gasteiger partial charge in [-0.2, -0.15) is 0 Å². The van der Waals surface area contributed by atoms with Gasteiger partial charge in [0.25, 0.3) is 0 Å². The molecule has 0 spiro atoms. The van der Waals surface area contributed by atoms with E-state index in [1.165, 1.54) is 198 Å². The average molecular weight is 1080 g/mol. The van der Waals surface area contributed by atoms with Crippen molar-refractivity contribution in [2.24, 2.45) is 0 Å². The van der Waals surface area contributed by atoms with Crippen molar-refractivity contribution in [1.29, 1.82) is 0 Å².